The summed E-state index contributed by atoms with van der Waals surface area (Å²) in [4.78, 5) is 6.50. The summed E-state index contributed by atoms with van der Waals surface area (Å²) in [5.41, 5.74) is 2.36. The minimum absolute atomic E-state index is 0. The van der Waals surface area contributed by atoms with E-state index in [1.54, 1.807) is 13.2 Å². The average Bonchev–Trinajstić information content (AvgIpc) is 3.00. The Balaban J connectivity index is 0.00000288. The number of aromatic nitrogens is 2. The van der Waals surface area contributed by atoms with Gasteiger partial charge in [0.2, 0.25) is 0 Å². The van der Waals surface area contributed by atoms with Gasteiger partial charge in [-0.25, -0.2) is 0 Å². The van der Waals surface area contributed by atoms with E-state index in [1.807, 2.05) is 23.9 Å². The number of benzene rings is 1. The van der Waals surface area contributed by atoms with Crippen molar-refractivity contribution in [3.63, 3.8) is 0 Å². The zero-order chi connectivity index (χ0) is 16.5. The fourth-order valence-corrected chi connectivity index (χ4v) is 2.30. The summed E-state index contributed by atoms with van der Waals surface area (Å²) >= 11 is 0. The van der Waals surface area contributed by atoms with E-state index < -0.39 is 0 Å². The van der Waals surface area contributed by atoms with Crippen LogP contribution in [-0.2, 0) is 13.6 Å². The highest BCUT2D eigenvalue weighted by molar-refractivity contribution is 14.0. The molecule has 0 aliphatic rings. The number of aliphatic imine (C=N–C) groups is 1. The number of halogens is 1. The number of hydrogen-bond donors (Lipinski definition) is 2. The number of para-hydroxylation sites is 1. The van der Waals surface area contributed by atoms with Crippen LogP contribution < -0.4 is 15.5 Å². The molecule has 2 rings (SSSR count). The number of rotatable bonds is 7. The van der Waals surface area contributed by atoms with Gasteiger partial charge in [-0.05, 0) is 24.6 Å². The highest BCUT2D eigenvalue weighted by Crippen LogP contribution is 2.10. The molecule has 0 saturated heterocycles. The lowest BCUT2D eigenvalue weighted by molar-refractivity contribution is 0.678. The van der Waals surface area contributed by atoms with Gasteiger partial charge in [0.1, 0.15) is 0 Å². The van der Waals surface area contributed by atoms with E-state index in [0.29, 0.717) is 6.54 Å². The molecule has 0 aliphatic carbocycles. The summed E-state index contributed by atoms with van der Waals surface area (Å²) < 4.78 is 1.86. The summed E-state index contributed by atoms with van der Waals surface area (Å²) in [6.07, 6.45) is 2.84. The van der Waals surface area contributed by atoms with Gasteiger partial charge in [0.25, 0.3) is 0 Å². The third-order valence-corrected chi connectivity index (χ3v) is 3.74. The SMILES string of the molecule is CN=C(NCCCN(C)c1ccccc1)NCc1ccnn1C.I. The number of guanidine groups is 1. The summed E-state index contributed by atoms with van der Waals surface area (Å²) in [5.74, 6) is 0.813. The minimum Gasteiger partial charge on any atom is -0.375 e. The van der Waals surface area contributed by atoms with Gasteiger partial charge < -0.3 is 15.5 Å². The van der Waals surface area contributed by atoms with Gasteiger partial charge in [-0.1, -0.05) is 18.2 Å². The van der Waals surface area contributed by atoms with Crippen LogP contribution in [0.3, 0.4) is 0 Å². The molecule has 2 aromatic rings. The molecule has 1 heterocycles. The first-order chi connectivity index (χ1) is 11.2. The first-order valence-corrected chi connectivity index (χ1v) is 7.88. The summed E-state index contributed by atoms with van der Waals surface area (Å²) in [6.45, 7) is 2.58. The molecule has 0 amide bonds. The Bertz CT molecular complexity index is 611. The van der Waals surface area contributed by atoms with E-state index in [9.17, 15) is 0 Å². The predicted octanol–water partition coefficient (Wildman–Crippen LogP) is 2.23. The van der Waals surface area contributed by atoms with Gasteiger partial charge in [0.05, 0.1) is 12.2 Å². The second-order valence-electron chi connectivity index (χ2n) is 5.41. The molecule has 2 N–H and O–H groups in total. The third kappa shape index (κ3) is 6.38. The van der Waals surface area contributed by atoms with Crippen molar-refractivity contribution >= 4 is 35.6 Å². The molecule has 0 atom stereocenters. The maximum Gasteiger partial charge on any atom is 0.191 e. The van der Waals surface area contributed by atoms with Crippen LogP contribution in [-0.4, -0.2) is 42.9 Å². The largest absolute Gasteiger partial charge is 0.375 e. The second-order valence-corrected chi connectivity index (χ2v) is 5.41. The molecule has 0 fully saturated rings. The van der Waals surface area contributed by atoms with Crippen LogP contribution in [0, 0.1) is 0 Å². The van der Waals surface area contributed by atoms with Crippen molar-refractivity contribution in [2.45, 2.75) is 13.0 Å². The van der Waals surface area contributed by atoms with Crippen molar-refractivity contribution in [3.8, 4) is 0 Å². The Morgan fingerprint density at radius 3 is 2.58 bits per heavy atom. The zero-order valence-electron chi connectivity index (χ0n) is 14.6. The van der Waals surface area contributed by atoms with Gasteiger partial charge >= 0.3 is 0 Å². The maximum atomic E-state index is 4.24. The van der Waals surface area contributed by atoms with E-state index in [0.717, 1.165) is 31.2 Å². The monoisotopic (exact) mass is 442 g/mol. The van der Waals surface area contributed by atoms with Gasteiger partial charge in [-0.2, -0.15) is 5.10 Å². The maximum absolute atomic E-state index is 4.24. The van der Waals surface area contributed by atoms with Crippen molar-refractivity contribution in [2.75, 3.05) is 32.1 Å². The fourth-order valence-electron chi connectivity index (χ4n) is 2.30. The Hall–Kier alpha value is -1.77. The molecule has 1 aromatic carbocycles. The third-order valence-electron chi connectivity index (χ3n) is 3.74. The van der Waals surface area contributed by atoms with E-state index in [1.165, 1.54) is 5.69 Å². The normalized spacial score (nSPS) is 10.9. The van der Waals surface area contributed by atoms with Gasteiger partial charge in [-0.3, -0.25) is 9.67 Å². The van der Waals surface area contributed by atoms with Crippen LogP contribution in [0.1, 0.15) is 12.1 Å². The first-order valence-electron chi connectivity index (χ1n) is 7.88. The molecule has 24 heavy (non-hydrogen) atoms. The van der Waals surface area contributed by atoms with Crippen LogP contribution in [0.4, 0.5) is 5.69 Å². The molecule has 0 radical (unpaired) electrons. The summed E-state index contributed by atoms with van der Waals surface area (Å²) in [5, 5.41) is 10.8. The Labute approximate surface area is 161 Å². The van der Waals surface area contributed by atoms with Crippen LogP contribution in [0.2, 0.25) is 0 Å². The predicted molar refractivity (Wildman–Crippen MR) is 111 cm³/mol. The van der Waals surface area contributed by atoms with E-state index >= 15 is 0 Å². The van der Waals surface area contributed by atoms with E-state index in [2.05, 4.69) is 56.9 Å². The standard InChI is InChI=1S/C17H26N6.HI/c1-18-17(20-14-16-10-12-21-23(16)3)19-11-7-13-22(2)15-8-5-4-6-9-15;/h4-6,8-10,12H,7,11,13-14H2,1-3H3,(H2,18,19,20);1H. The van der Waals surface area contributed by atoms with E-state index in [-0.39, 0.29) is 24.0 Å². The van der Waals surface area contributed by atoms with Crippen LogP contribution in [0.25, 0.3) is 0 Å². The highest BCUT2D eigenvalue weighted by atomic mass is 127. The van der Waals surface area contributed by atoms with Crippen LogP contribution in [0.5, 0.6) is 0 Å². The van der Waals surface area contributed by atoms with Crippen LogP contribution >= 0.6 is 24.0 Å². The molecule has 0 spiro atoms. The Morgan fingerprint density at radius 1 is 1.21 bits per heavy atom. The second kappa shape index (κ2) is 10.9. The number of nitrogens with zero attached hydrogens (tertiary/aromatic N) is 4. The number of hydrogen-bond acceptors (Lipinski definition) is 3. The topological polar surface area (TPSA) is 57.5 Å². The molecule has 0 unspecified atom stereocenters. The molecule has 0 bridgehead atoms. The smallest absolute Gasteiger partial charge is 0.191 e. The van der Waals surface area contributed by atoms with E-state index in [4.69, 9.17) is 0 Å². The van der Waals surface area contributed by atoms with Crippen molar-refractivity contribution in [3.05, 3.63) is 48.3 Å². The number of aryl methyl sites for hydroxylation is 1. The summed E-state index contributed by atoms with van der Waals surface area (Å²) in [7, 11) is 5.84. The molecule has 0 saturated carbocycles. The summed E-state index contributed by atoms with van der Waals surface area (Å²) in [6, 6.07) is 12.4. The lowest BCUT2D eigenvalue weighted by Gasteiger charge is -2.19. The van der Waals surface area contributed by atoms with Gasteiger partial charge in [-0.15, -0.1) is 24.0 Å². The average molecular weight is 442 g/mol. The molecule has 0 aliphatic heterocycles. The van der Waals surface area contributed by atoms with Crippen LogP contribution in [0.15, 0.2) is 47.6 Å². The Kier molecular flexibility index (Phi) is 9.21. The lowest BCUT2D eigenvalue weighted by atomic mass is 10.3. The van der Waals surface area contributed by atoms with Crippen molar-refractivity contribution < 1.29 is 0 Å². The van der Waals surface area contributed by atoms with Crippen molar-refractivity contribution in [2.24, 2.45) is 12.0 Å². The molecular formula is C17H27IN6. The lowest BCUT2D eigenvalue weighted by Crippen LogP contribution is -2.38. The highest BCUT2D eigenvalue weighted by Gasteiger charge is 2.02. The zero-order valence-corrected chi connectivity index (χ0v) is 16.9. The quantitative estimate of drug-likeness (QED) is 0.299. The first kappa shape index (κ1) is 20.3. The fraction of sp³-hybridized carbons (Fsp3) is 0.412. The molecule has 1 aromatic heterocycles. The Morgan fingerprint density at radius 2 is 1.96 bits per heavy atom. The molecule has 7 heteroatoms. The van der Waals surface area contributed by atoms with Gasteiger partial charge in [0, 0.05) is 46.1 Å². The number of anilines is 1. The van der Waals surface area contributed by atoms with Crippen molar-refractivity contribution in [1.82, 2.24) is 20.4 Å². The molecule has 6 nitrogen and oxygen atoms in total. The number of nitrogens with one attached hydrogen (secondary N) is 2. The van der Waals surface area contributed by atoms with Gasteiger partial charge in [0.15, 0.2) is 5.96 Å². The molecule has 132 valence electrons. The molecular weight excluding hydrogens is 415 g/mol. The minimum atomic E-state index is 0. The van der Waals surface area contributed by atoms with Crippen molar-refractivity contribution in [1.29, 1.82) is 0 Å².